The van der Waals surface area contributed by atoms with Crippen LogP contribution in [0.2, 0.25) is 0 Å². The second-order valence-corrected chi connectivity index (χ2v) is 5.86. The zero-order chi connectivity index (χ0) is 18.6. The van der Waals surface area contributed by atoms with Crippen LogP contribution in [0.4, 0.5) is 10.5 Å². The fraction of sp³-hybridized carbons (Fsp3) is 0.333. The molecule has 1 N–H and O–H groups in total. The maximum atomic E-state index is 12.1. The summed E-state index contributed by atoms with van der Waals surface area (Å²) in [6.07, 6.45) is 2.35. The van der Waals surface area contributed by atoms with Crippen LogP contribution in [-0.2, 0) is 14.4 Å². The first-order chi connectivity index (χ1) is 11.9. The Morgan fingerprint density at radius 1 is 1.16 bits per heavy atom. The summed E-state index contributed by atoms with van der Waals surface area (Å²) >= 11 is 0. The van der Waals surface area contributed by atoms with Gasteiger partial charge >= 0.3 is 17.8 Å². The van der Waals surface area contributed by atoms with Crippen LogP contribution in [-0.4, -0.2) is 46.6 Å². The molecular formula is C18H21N3O4. The summed E-state index contributed by atoms with van der Waals surface area (Å²) in [6, 6.07) is 6.57. The van der Waals surface area contributed by atoms with Crippen molar-refractivity contribution in [1.29, 1.82) is 0 Å². The smallest absolute Gasteiger partial charge is 0.325 e. The molecule has 0 spiro atoms. The van der Waals surface area contributed by atoms with Gasteiger partial charge in [0.05, 0.1) is 0 Å². The number of nitrogens with one attached hydrogen (secondary N) is 1. The van der Waals surface area contributed by atoms with Gasteiger partial charge in [0.25, 0.3) is 0 Å². The van der Waals surface area contributed by atoms with Crippen molar-refractivity contribution in [3.8, 4) is 0 Å². The van der Waals surface area contributed by atoms with Crippen molar-refractivity contribution in [3.63, 3.8) is 0 Å². The number of rotatable bonds is 7. The normalized spacial score (nSPS) is 15.5. The fourth-order valence-electron chi connectivity index (χ4n) is 2.45. The predicted molar refractivity (Wildman–Crippen MR) is 92.8 cm³/mol. The van der Waals surface area contributed by atoms with Crippen molar-refractivity contribution in [1.82, 2.24) is 9.80 Å². The van der Waals surface area contributed by atoms with Gasteiger partial charge in [0.15, 0.2) is 0 Å². The molecule has 2 rings (SSSR count). The summed E-state index contributed by atoms with van der Waals surface area (Å²) in [5, 5.41) is 2.62. The van der Waals surface area contributed by atoms with Crippen molar-refractivity contribution in [2.75, 3.05) is 18.4 Å². The van der Waals surface area contributed by atoms with Crippen LogP contribution < -0.4 is 5.32 Å². The van der Waals surface area contributed by atoms with Crippen LogP contribution in [0, 0.1) is 0 Å². The number of nitrogens with zero attached hydrogens (tertiary/aromatic N) is 2. The van der Waals surface area contributed by atoms with Gasteiger partial charge in [-0.15, -0.1) is 6.58 Å². The molecule has 25 heavy (non-hydrogen) atoms. The predicted octanol–water partition coefficient (Wildman–Crippen LogP) is 2.12. The summed E-state index contributed by atoms with van der Waals surface area (Å²) in [7, 11) is 0. The monoisotopic (exact) mass is 343 g/mol. The average molecular weight is 343 g/mol. The Morgan fingerprint density at radius 2 is 1.76 bits per heavy atom. The highest BCUT2D eigenvalue weighted by Crippen LogP contribution is 2.20. The lowest BCUT2D eigenvalue weighted by Gasteiger charge is -2.14. The van der Waals surface area contributed by atoms with Crippen LogP contribution in [0.5, 0.6) is 0 Å². The fourth-order valence-corrected chi connectivity index (χ4v) is 2.45. The van der Waals surface area contributed by atoms with Gasteiger partial charge in [-0.2, -0.15) is 0 Å². The third-order valence-electron chi connectivity index (χ3n) is 4.12. The molecule has 1 aliphatic heterocycles. The number of carbonyl (C=O) groups is 4. The maximum Gasteiger partial charge on any atom is 0.335 e. The molecule has 0 saturated carbocycles. The molecule has 7 nitrogen and oxygen atoms in total. The summed E-state index contributed by atoms with van der Waals surface area (Å²) in [6.45, 7) is 7.06. The Bertz CT molecular complexity index is 712. The molecule has 132 valence electrons. The minimum Gasteiger partial charge on any atom is -0.325 e. The van der Waals surface area contributed by atoms with E-state index in [1.54, 1.807) is 12.1 Å². The van der Waals surface area contributed by atoms with E-state index in [-0.39, 0.29) is 6.54 Å². The lowest BCUT2D eigenvalue weighted by atomic mass is 9.99. The number of amides is 5. The Hall–Kier alpha value is -2.96. The molecule has 1 heterocycles. The van der Waals surface area contributed by atoms with Crippen molar-refractivity contribution in [2.45, 2.75) is 26.2 Å². The molecule has 1 aromatic carbocycles. The maximum absolute atomic E-state index is 12.1. The topological polar surface area (TPSA) is 86.8 Å². The van der Waals surface area contributed by atoms with Crippen molar-refractivity contribution in [3.05, 3.63) is 42.5 Å². The van der Waals surface area contributed by atoms with Gasteiger partial charge < -0.3 is 5.32 Å². The Balaban J connectivity index is 2.00. The SMILES string of the molecule is C=CCN1C(=O)C(=O)N(CC(=O)Nc2ccc([C@@H](C)CC)cc2)C1=O. The van der Waals surface area contributed by atoms with E-state index in [4.69, 9.17) is 0 Å². The third-order valence-corrected chi connectivity index (χ3v) is 4.12. The van der Waals surface area contributed by atoms with E-state index in [2.05, 4.69) is 25.7 Å². The van der Waals surface area contributed by atoms with Crippen LogP contribution in [0.25, 0.3) is 0 Å². The molecule has 0 aromatic heterocycles. The van der Waals surface area contributed by atoms with E-state index in [0.29, 0.717) is 16.5 Å². The van der Waals surface area contributed by atoms with Gasteiger partial charge in [0.2, 0.25) is 5.91 Å². The molecule has 1 atom stereocenters. The van der Waals surface area contributed by atoms with Gasteiger partial charge in [0, 0.05) is 12.2 Å². The Labute approximate surface area is 146 Å². The number of hydrogen-bond donors (Lipinski definition) is 1. The van der Waals surface area contributed by atoms with E-state index in [0.717, 1.165) is 16.9 Å². The lowest BCUT2D eigenvalue weighted by Crippen LogP contribution is -2.39. The van der Waals surface area contributed by atoms with Gasteiger partial charge in [-0.25, -0.2) is 9.69 Å². The number of benzene rings is 1. The zero-order valence-electron chi connectivity index (χ0n) is 14.3. The summed E-state index contributed by atoms with van der Waals surface area (Å²) in [4.78, 5) is 49.1. The van der Waals surface area contributed by atoms with Gasteiger partial charge in [-0.05, 0) is 30.0 Å². The second kappa shape index (κ2) is 7.74. The van der Waals surface area contributed by atoms with Crippen molar-refractivity contribution in [2.24, 2.45) is 0 Å². The van der Waals surface area contributed by atoms with Crippen molar-refractivity contribution < 1.29 is 19.2 Å². The summed E-state index contributed by atoms with van der Waals surface area (Å²) < 4.78 is 0. The van der Waals surface area contributed by atoms with E-state index >= 15 is 0 Å². The highest BCUT2D eigenvalue weighted by molar-refractivity contribution is 6.45. The van der Waals surface area contributed by atoms with Gasteiger partial charge in [-0.1, -0.05) is 32.1 Å². The van der Waals surface area contributed by atoms with E-state index in [1.165, 1.54) is 6.08 Å². The number of carbonyl (C=O) groups excluding carboxylic acids is 4. The minimum atomic E-state index is -1.01. The van der Waals surface area contributed by atoms with Gasteiger partial charge in [-0.3, -0.25) is 19.3 Å². The minimum absolute atomic E-state index is 0.0708. The Morgan fingerprint density at radius 3 is 2.32 bits per heavy atom. The second-order valence-electron chi connectivity index (χ2n) is 5.86. The molecular weight excluding hydrogens is 322 g/mol. The highest BCUT2D eigenvalue weighted by atomic mass is 16.2. The van der Waals surface area contributed by atoms with E-state index in [1.807, 2.05) is 12.1 Å². The first-order valence-corrected chi connectivity index (χ1v) is 8.07. The lowest BCUT2D eigenvalue weighted by molar-refractivity contribution is -0.143. The zero-order valence-corrected chi connectivity index (χ0v) is 14.3. The molecule has 0 aliphatic carbocycles. The van der Waals surface area contributed by atoms with Crippen LogP contribution in [0.15, 0.2) is 36.9 Å². The van der Waals surface area contributed by atoms with Crippen LogP contribution in [0.3, 0.4) is 0 Å². The van der Waals surface area contributed by atoms with E-state index < -0.39 is 30.3 Å². The molecule has 0 unspecified atom stereocenters. The first kappa shape index (κ1) is 18.4. The van der Waals surface area contributed by atoms with Crippen LogP contribution in [0.1, 0.15) is 31.7 Å². The number of anilines is 1. The summed E-state index contributed by atoms with van der Waals surface area (Å²) in [5.74, 6) is -2.08. The quantitative estimate of drug-likeness (QED) is 0.467. The highest BCUT2D eigenvalue weighted by Gasteiger charge is 2.44. The van der Waals surface area contributed by atoms with E-state index in [9.17, 15) is 19.2 Å². The average Bonchev–Trinajstić information content (AvgIpc) is 2.80. The largest absolute Gasteiger partial charge is 0.335 e. The molecule has 1 fully saturated rings. The molecule has 0 bridgehead atoms. The molecule has 1 aliphatic rings. The number of imide groups is 2. The Kier molecular flexibility index (Phi) is 5.69. The van der Waals surface area contributed by atoms with Crippen LogP contribution >= 0.6 is 0 Å². The number of hydrogen-bond acceptors (Lipinski definition) is 4. The molecule has 1 aromatic rings. The number of urea groups is 1. The molecule has 7 heteroatoms. The first-order valence-electron chi connectivity index (χ1n) is 8.07. The molecule has 1 saturated heterocycles. The van der Waals surface area contributed by atoms with Gasteiger partial charge in [0.1, 0.15) is 6.54 Å². The molecule has 0 radical (unpaired) electrons. The molecule has 5 amide bonds. The summed E-state index contributed by atoms with van der Waals surface area (Å²) in [5.41, 5.74) is 1.72. The van der Waals surface area contributed by atoms with Crippen molar-refractivity contribution >= 4 is 29.4 Å². The standard InChI is InChI=1S/C18H21N3O4/c1-4-10-20-16(23)17(24)21(18(20)25)11-15(22)19-14-8-6-13(7-9-14)12(3)5-2/h4,6-9,12H,1,5,10-11H2,2-3H3,(H,19,22)/t12-/m0/s1. The third kappa shape index (κ3) is 3.93.